The zero-order chi connectivity index (χ0) is 17.2. The molecular formula is C20H23NO3. The first-order valence-electron chi connectivity index (χ1n) is 8.20. The SMILES string of the molecule is COc1cc(C)c(NC(=O)C2(c3ccccc3)CCC2)cc1OC. The summed E-state index contributed by atoms with van der Waals surface area (Å²) in [6, 6.07) is 13.7. The van der Waals surface area contributed by atoms with Gasteiger partial charge in [-0.15, -0.1) is 0 Å². The third-order valence-corrected chi connectivity index (χ3v) is 4.95. The number of methoxy groups -OCH3 is 2. The number of amides is 1. The van der Waals surface area contributed by atoms with Gasteiger partial charge in [-0.25, -0.2) is 0 Å². The highest BCUT2D eigenvalue weighted by atomic mass is 16.5. The molecule has 0 bridgehead atoms. The van der Waals surface area contributed by atoms with Crippen LogP contribution in [-0.4, -0.2) is 20.1 Å². The molecule has 1 saturated carbocycles. The van der Waals surface area contributed by atoms with Crippen LogP contribution in [0.25, 0.3) is 0 Å². The zero-order valence-corrected chi connectivity index (χ0v) is 14.4. The van der Waals surface area contributed by atoms with Crippen molar-refractivity contribution in [2.75, 3.05) is 19.5 Å². The monoisotopic (exact) mass is 325 g/mol. The lowest BCUT2D eigenvalue weighted by atomic mass is 9.64. The summed E-state index contributed by atoms with van der Waals surface area (Å²) >= 11 is 0. The highest BCUT2D eigenvalue weighted by Crippen LogP contribution is 2.45. The molecule has 4 nitrogen and oxygen atoms in total. The maximum atomic E-state index is 13.0. The van der Waals surface area contributed by atoms with Crippen LogP contribution in [0.5, 0.6) is 11.5 Å². The Morgan fingerprint density at radius 2 is 1.67 bits per heavy atom. The summed E-state index contributed by atoms with van der Waals surface area (Å²) in [6.07, 6.45) is 2.84. The van der Waals surface area contributed by atoms with Crippen molar-refractivity contribution >= 4 is 11.6 Å². The number of aryl methyl sites for hydroxylation is 1. The summed E-state index contributed by atoms with van der Waals surface area (Å²) in [5.41, 5.74) is 2.39. The molecule has 2 aromatic carbocycles. The number of anilines is 1. The van der Waals surface area contributed by atoms with E-state index >= 15 is 0 Å². The maximum absolute atomic E-state index is 13.0. The van der Waals surface area contributed by atoms with E-state index in [9.17, 15) is 4.79 Å². The van der Waals surface area contributed by atoms with Gasteiger partial charge >= 0.3 is 0 Å². The molecule has 0 unspecified atom stereocenters. The molecule has 0 aromatic heterocycles. The van der Waals surface area contributed by atoms with Crippen LogP contribution < -0.4 is 14.8 Å². The first-order chi connectivity index (χ1) is 11.6. The van der Waals surface area contributed by atoms with Crippen LogP contribution in [0.4, 0.5) is 5.69 Å². The molecule has 4 heteroatoms. The average molecular weight is 325 g/mol. The summed E-state index contributed by atoms with van der Waals surface area (Å²) in [7, 11) is 3.20. The zero-order valence-electron chi connectivity index (χ0n) is 14.4. The number of hydrogen-bond donors (Lipinski definition) is 1. The molecular weight excluding hydrogens is 302 g/mol. The number of hydrogen-bond acceptors (Lipinski definition) is 3. The molecule has 0 heterocycles. The van der Waals surface area contributed by atoms with E-state index in [0.29, 0.717) is 11.5 Å². The molecule has 0 aliphatic heterocycles. The highest BCUT2D eigenvalue weighted by molar-refractivity contribution is 6.00. The molecule has 2 aromatic rings. The predicted octanol–water partition coefficient (Wildman–Crippen LogP) is 4.07. The van der Waals surface area contributed by atoms with Crippen molar-refractivity contribution in [3.63, 3.8) is 0 Å². The normalized spacial score (nSPS) is 15.3. The Bertz CT molecular complexity index is 736. The van der Waals surface area contributed by atoms with Crippen molar-refractivity contribution < 1.29 is 14.3 Å². The summed E-state index contributed by atoms with van der Waals surface area (Å²) in [6.45, 7) is 1.95. The van der Waals surface area contributed by atoms with Crippen molar-refractivity contribution in [3.05, 3.63) is 53.6 Å². The van der Waals surface area contributed by atoms with Crippen molar-refractivity contribution in [2.24, 2.45) is 0 Å². The Hall–Kier alpha value is -2.49. The number of ether oxygens (including phenoxy) is 2. The molecule has 1 fully saturated rings. The van der Waals surface area contributed by atoms with Gasteiger partial charge in [0.1, 0.15) is 0 Å². The Labute approximate surface area is 142 Å². The molecule has 1 N–H and O–H groups in total. The number of carbonyl (C=O) groups is 1. The van der Waals surface area contributed by atoms with Crippen LogP contribution >= 0.6 is 0 Å². The molecule has 1 aliphatic carbocycles. The third kappa shape index (κ3) is 2.73. The Morgan fingerprint density at radius 1 is 1.04 bits per heavy atom. The van der Waals surface area contributed by atoms with Crippen LogP contribution in [-0.2, 0) is 10.2 Å². The first-order valence-corrected chi connectivity index (χ1v) is 8.20. The average Bonchev–Trinajstić information content (AvgIpc) is 2.56. The van der Waals surface area contributed by atoms with Crippen molar-refractivity contribution in [1.29, 1.82) is 0 Å². The maximum Gasteiger partial charge on any atom is 0.235 e. The van der Waals surface area contributed by atoms with Gasteiger partial charge in [0.15, 0.2) is 11.5 Å². The fraction of sp³-hybridized carbons (Fsp3) is 0.350. The largest absolute Gasteiger partial charge is 0.493 e. The predicted molar refractivity (Wildman–Crippen MR) is 94.9 cm³/mol. The Morgan fingerprint density at radius 3 is 2.21 bits per heavy atom. The minimum absolute atomic E-state index is 0.0512. The van der Waals surface area contributed by atoms with Crippen LogP contribution in [0.1, 0.15) is 30.4 Å². The Kier molecular flexibility index (Phi) is 4.47. The van der Waals surface area contributed by atoms with Gasteiger partial charge in [0.05, 0.1) is 19.6 Å². The molecule has 0 atom stereocenters. The van der Waals surface area contributed by atoms with E-state index in [1.807, 2.05) is 49.4 Å². The minimum Gasteiger partial charge on any atom is -0.493 e. The lowest BCUT2D eigenvalue weighted by Gasteiger charge is -2.40. The lowest BCUT2D eigenvalue weighted by molar-refractivity contribution is -0.124. The summed E-state index contributed by atoms with van der Waals surface area (Å²) in [4.78, 5) is 13.0. The van der Waals surface area contributed by atoms with E-state index < -0.39 is 5.41 Å². The van der Waals surface area contributed by atoms with Crippen LogP contribution in [0.3, 0.4) is 0 Å². The van der Waals surface area contributed by atoms with Gasteiger partial charge < -0.3 is 14.8 Å². The number of benzene rings is 2. The van der Waals surface area contributed by atoms with E-state index in [0.717, 1.165) is 36.1 Å². The van der Waals surface area contributed by atoms with Crippen LogP contribution in [0.2, 0.25) is 0 Å². The number of rotatable bonds is 5. The number of nitrogens with one attached hydrogen (secondary N) is 1. The molecule has 1 amide bonds. The van der Waals surface area contributed by atoms with Gasteiger partial charge in [-0.05, 0) is 37.0 Å². The van der Waals surface area contributed by atoms with Crippen molar-refractivity contribution in [2.45, 2.75) is 31.6 Å². The van der Waals surface area contributed by atoms with E-state index in [1.54, 1.807) is 14.2 Å². The van der Waals surface area contributed by atoms with Crippen LogP contribution in [0, 0.1) is 6.92 Å². The standard InChI is InChI=1S/C20H23NO3/c1-14-12-17(23-2)18(24-3)13-16(14)21-19(22)20(10-7-11-20)15-8-5-4-6-9-15/h4-6,8-9,12-13H,7,10-11H2,1-3H3,(H,21,22). The quantitative estimate of drug-likeness (QED) is 0.901. The summed E-state index contributed by atoms with van der Waals surface area (Å²) in [5.74, 6) is 1.32. The van der Waals surface area contributed by atoms with Gasteiger partial charge in [0, 0.05) is 11.8 Å². The van der Waals surface area contributed by atoms with Crippen LogP contribution in [0.15, 0.2) is 42.5 Å². The topological polar surface area (TPSA) is 47.6 Å². The van der Waals surface area contributed by atoms with Gasteiger partial charge in [-0.2, -0.15) is 0 Å². The van der Waals surface area contributed by atoms with Gasteiger partial charge in [0.25, 0.3) is 0 Å². The molecule has 126 valence electrons. The molecule has 0 radical (unpaired) electrons. The second kappa shape index (κ2) is 6.56. The van der Waals surface area contributed by atoms with E-state index in [1.165, 1.54) is 0 Å². The molecule has 0 saturated heterocycles. The fourth-order valence-electron chi connectivity index (χ4n) is 3.29. The van der Waals surface area contributed by atoms with Gasteiger partial charge in [-0.3, -0.25) is 4.79 Å². The van der Waals surface area contributed by atoms with E-state index in [4.69, 9.17) is 9.47 Å². The van der Waals surface area contributed by atoms with E-state index in [2.05, 4.69) is 5.32 Å². The minimum atomic E-state index is -0.416. The smallest absolute Gasteiger partial charge is 0.235 e. The number of carbonyl (C=O) groups excluding carboxylic acids is 1. The Balaban J connectivity index is 1.89. The van der Waals surface area contributed by atoms with Crippen molar-refractivity contribution in [1.82, 2.24) is 0 Å². The second-order valence-electron chi connectivity index (χ2n) is 6.28. The molecule has 24 heavy (non-hydrogen) atoms. The first kappa shape index (κ1) is 16.4. The van der Waals surface area contributed by atoms with Crippen molar-refractivity contribution in [3.8, 4) is 11.5 Å². The lowest BCUT2D eigenvalue weighted by Crippen LogP contribution is -2.46. The third-order valence-electron chi connectivity index (χ3n) is 4.95. The second-order valence-corrected chi connectivity index (χ2v) is 6.28. The van der Waals surface area contributed by atoms with Gasteiger partial charge in [-0.1, -0.05) is 36.8 Å². The summed E-state index contributed by atoms with van der Waals surface area (Å²) < 4.78 is 10.7. The summed E-state index contributed by atoms with van der Waals surface area (Å²) in [5, 5.41) is 3.10. The fourth-order valence-corrected chi connectivity index (χ4v) is 3.29. The molecule has 0 spiro atoms. The highest BCUT2D eigenvalue weighted by Gasteiger charge is 2.45. The van der Waals surface area contributed by atoms with E-state index in [-0.39, 0.29) is 5.91 Å². The molecule has 3 rings (SSSR count). The van der Waals surface area contributed by atoms with Gasteiger partial charge in [0.2, 0.25) is 5.91 Å². The molecule has 1 aliphatic rings.